The number of hydrogen-bond donors (Lipinski definition) is 0. The topological polar surface area (TPSA) is 24.8 Å². The van der Waals surface area contributed by atoms with Gasteiger partial charge in [-0.1, -0.05) is 34.1 Å². The van der Waals surface area contributed by atoms with Crippen LogP contribution in [0.4, 0.5) is 0 Å². The van der Waals surface area contributed by atoms with Gasteiger partial charge in [0.1, 0.15) is 5.75 Å². The molecule has 0 radical (unpaired) electrons. The molecule has 2 atom stereocenters. The largest absolute Gasteiger partial charge is 0.464 e. The lowest BCUT2D eigenvalue weighted by Crippen LogP contribution is -2.33. The summed E-state index contributed by atoms with van der Waals surface area (Å²) in [4.78, 5) is 2.48. The van der Waals surface area contributed by atoms with E-state index >= 15 is 0 Å². The van der Waals surface area contributed by atoms with Crippen LogP contribution in [0, 0.1) is 0 Å². The monoisotopic (exact) mass is 456 g/mol. The smallest absolute Gasteiger partial charge is 0.213 e. The van der Waals surface area contributed by atoms with Crippen LogP contribution >= 0.6 is 39.0 Å². The lowest BCUT2D eigenvalue weighted by Gasteiger charge is -2.38. The molecule has 0 saturated carbocycles. The zero-order chi connectivity index (χ0) is 18.4. The first-order valence-electron chi connectivity index (χ1n) is 8.72. The summed E-state index contributed by atoms with van der Waals surface area (Å²) in [5.74, 6) is 0.945. The van der Waals surface area contributed by atoms with E-state index in [1.807, 2.05) is 6.07 Å². The Bertz CT molecular complexity index is 1000. The van der Waals surface area contributed by atoms with Gasteiger partial charge in [-0.25, -0.2) is 5.01 Å². The molecule has 0 saturated heterocycles. The number of benzene rings is 2. The van der Waals surface area contributed by atoms with Crippen molar-refractivity contribution in [1.82, 2.24) is 5.01 Å². The molecule has 3 heterocycles. The summed E-state index contributed by atoms with van der Waals surface area (Å²) in [6, 6.07) is 19.3. The fourth-order valence-electron chi connectivity index (χ4n) is 3.64. The summed E-state index contributed by atoms with van der Waals surface area (Å²) in [5.41, 5.74) is 3.45. The molecule has 2 aromatic carbocycles. The zero-order valence-electron chi connectivity index (χ0n) is 14.6. The number of halogens is 1. The van der Waals surface area contributed by atoms with Gasteiger partial charge in [0.05, 0.1) is 16.6 Å². The Morgan fingerprint density at radius 1 is 1.19 bits per heavy atom. The van der Waals surface area contributed by atoms with Gasteiger partial charge in [-0.2, -0.15) is 5.10 Å². The lowest BCUT2D eigenvalue weighted by molar-refractivity contribution is -0.0191. The van der Waals surface area contributed by atoms with Crippen LogP contribution in [0.5, 0.6) is 5.75 Å². The van der Waals surface area contributed by atoms with E-state index in [9.17, 15) is 0 Å². The molecule has 0 bridgehead atoms. The molecule has 0 fully saturated rings. The van der Waals surface area contributed by atoms with Gasteiger partial charge < -0.3 is 4.74 Å². The second-order valence-electron chi connectivity index (χ2n) is 6.55. The highest BCUT2D eigenvalue weighted by atomic mass is 79.9. The lowest BCUT2D eigenvalue weighted by atomic mass is 9.98. The van der Waals surface area contributed by atoms with E-state index in [0.29, 0.717) is 0 Å². The number of hydrazone groups is 1. The third-order valence-electron chi connectivity index (χ3n) is 4.96. The SMILES string of the molecule is CSc1ccc([C@H]2Oc3ccc(Br)cc3[C@@H]3CC(c4cccs4)=NN23)cc1. The molecule has 0 unspecified atom stereocenters. The summed E-state index contributed by atoms with van der Waals surface area (Å²) < 4.78 is 7.49. The predicted molar refractivity (Wildman–Crippen MR) is 116 cm³/mol. The van der Waals surface area contributed by atoms with Crippen LogP contribution in [0.15, 0.2) is 74.4 Å². The summed E-state index contributed by atoms with van der Waals surface area (Å²) in [6.07, 6.45) is 2.78. The van der Waals surface area contributed by atoms with Gasteiger partial charge in [0, 0.05) is 26.9 Å². The fourth-order valence-corrected chi connectivity index (χ4v) is 5.15. The Hall–Kier alpha value is -1.76. The van der Waals surface area contributed by atoms with E-state index in [1.165, 1.54) is 15.3 Å². The number of rotatable bonds is 3. The Morgan fingerprint density at radius 2 is 2.04 bits per heavy atom. The Kier molecular flexibility index (Phi) is 4.50. The maximum atomic E-state index is 6.42. The summed E-state index contributed by atoms with van der Waals surface area (Å²) in [7, 11) is 0. The minimum atomic E-state index is -0.211. The number of thioether (sulfide) groups is 1. The predicted octanol–water partition coefficient (Wildman–Crippen LogP) is 6.47. The zero-order valence-corrected chi connectivity index (χ0v) is 17.9. The Balaban J connectivity index is 1.59. The second kappa shape index (κ2) is 7.00. The van der Waals surface area contributed by atoms with Crippen molar-refractivity contribution < 1.29 is 4.74 Å². The van der Waals surface area contributed by atoms with Crippen LogP contribution in [-0.4, -0.2) is 17.0 Å². The average molecular weight is 457 g/mol. The normalized spacial score (nSPS) is 20.7. The highest BCUT2D eigenvalue weighted by molar-refractivity contribution is 9.10. The van der Waals surface area contributed by atoms with E-state index in [1.54, 1.807) is 23.1 Å². The summed E-state index contributed by atoms with van der Waals surface area (Å²) in [6.45, 7) is 0. The number of fused-ring (bicyclic) bond motifs is 3. The summed E-state index contributed by atoms with van der Waals surface area (Å²) in [5, 5.41) is 9.24. The number of thiophene rings is 1. The molecule has 3 nitrogen and oxygen atoms in total. The molecule has 5 rings (SSSR count). The molecule has 1 aromatic heterocycles. The number of ether oxygens (including phenoxy) is 1. The molecule has 3 aromatic rings. The van der Waals surface area contributed by atoms with Crippen molar-refractivity contribution in [2.24, 2.45) is 5.10 Å². The van der Waals surface area contributed by atoms with Crippen molar-refractivity contribution in [1.29, 1.82) is 0 Å². The van der Waals surface area contributed by atoms with E-state index in [2.05, 4.69) is 81.1 Å². The highest BCUT2D eigenvalue weighted by Crippen LogP contribution is 2.48. The maximum absolute atomic E-state index is 6.42. The first kappa shape index (κ1) is 17.3. The van der Waals surface area contributed by atoms with Crippen molar-refractivity contribution in [3.05, 3.63) is 80.5 Å². The minimum Gasteiger partial charge on any atom is -0.464 e. The Labute approximate surface area is 175 Å². The van der Waals surface area contributed by atoms with Gasteiger partial charge in [-0.05, 0) is 48.0 Å². The quantitative estimate of drug-likeness (QED) is 0.421. The molecule has 136 valence electrons. The molecular weight excluding hydrogens is 440 g/mol. The molecule has 0 aliphatic carbocycles. The van der Waals surface area contributed by atoms with Crippen LogP contribution in [0.2, 0.25) is 0 Å². The van der Waals surface area contributed by atoms with Crippen LogP contribution in [0.3, 0.4) is 0 Å². The van der Waals surface area contributed by atoms with Gasteiger partial charge in [0.2, 0.25) is 6.23 Å². The van der Waals surface area contributed by atoms with Crippen LogP contribution in [0.25, 0.3) is 0 Å². The van der Waals surface area contributed by atoms with Gasteiger partial charge in [-0.3, -0.25) is 0 Å². The first-order valence-corrected chi connectivity index (χ1v) is 11.6. The molecule has 27 heavy (non-hydrogen) atoms. The van der Waals surface area contributed by atoms with Crippen molar-refractivity contribution in [2.45, 2.75) is 23.6 Å². The standard InChI is InChI=1S/C21H17BrN2OS2/c1-26-15-7-4-13(5-8-15)21-24-18(12-17(23-24)20-3-2-10-27-20)16-11-14(22)6-9-19(16)25-21/h2-11,18,21H,12H2,1H3/t18-,21+/m0/s1. The molecule has 2 aliphatic rings. The van der Waals surface area contributed by atoms with Gasteiger partial charge in [0.25, 0.3) is 0 Å². The maximum Gasteiger partial charge on any atom is 0.213 e. The van der Waals surface area contributed by atoms with E-state index < -0.39 is 0 Å². The van der Waals surface area contributed by atoms with E-state index in [4.69, 9.17) is 9.84 Å². The van der Waals surface area contributed by atoms with Crippen LogP contribution in [-0.2, 0) is 0 Å². The molecule has 6 heteroatoms. The molecule has 2 aliphatic heterocycles. The highest BCUT2D eigenvalue weighted by Gasteiger charge is 2.41. The van der Waals surface area contributed by atoms with Crippen LogP contribution in [0.1, 0.15) is 34.7 Å². The third-order valence-corrected chi connectivity index (χ3v) is 7.11. The van der Waals surface area contributed by atoms with Crippen LogP contribution < -0.4 is 4.74 Å². The third kappa shape index (κ3) is 3.10. The van der Waals surface area contributed by atoms with E-state index in [-0.39, 0.29) is 12.3 Å². The first-order chi connectivity index (χ1) is 13.2. The van der Waals surface area contributed by atoms with Crippen molar-refractivity contribution >= 4 is 44.7 Å². The van der Waals surface area contributed by atoms with Crippen molar-refractivity contribution in [2.75, 3.05) is 6.26 Å². The number of hydrogen-bond acceptors (Lipinski definition) is 5. The van der Waals surface area contributed by atoms with Gasteiger partial charge in [0.15, 0.2) is 0 Å². The molecule has 0 spiro atoms. The molecular formula is C21H17BrN2OS2. The number of nitrogens with zero attached hydrogens (tertiary/aromatic N) is 2. The average Bonchev–Trinajstić information content (AvgIpc) is 3.37. The van der Waals surface area contributed by atoms with Gasteiger partial charge in [-0.15, -0.1) is 23.1 Å². The van der Waals surface area contributed by atoms with E-state index in [0.717, 1.165) is 27.9 Å². The van der Waals surface area contributed by atoms with Crippen molar-refractivity contribution in [3.8, 4) is 5.75 Å². The fraction of sp³-hybridized carbons (Fsp3) is 0.190. The molecule has 0 amide bonds. The van der Waals surface area contributed by atoms with Crippen molar-refractivity contribution in [3.63, 3.8) is 0 Å². The van der Waals surface area contributed by atoms with Gasteiger partial charge >= 0.3 is 0 Å². The second-order valence-corrected chi connectivity index (χ2v) is 9.29. The Morgan fingerprint density at radius 3 is 2.78 bits per heavy atom. The minimum absolute atomic E-state index is 0.188. The summed E-state index contributed by atoms with van der Waals surface area (Å²) >= 11 is 7.09. The molecule has 0 N–H and O–H groups in total.